The molecule has 2 heterocycles. The average Bonchev–Trinajstić information content (AvgIpc) is 2.78. The van der Waals surface area contributed by atoms with Crippen LogP contribution >= 0.6 is 0 Å². The van der Waals surface area contributed by atoms with Crippen LogP contribution in [0.5, 0.6) is 5.75 Å². The van der Waals surface area contributed by atoms with Crippen molar-refractivity contribution in [3.05, 3.63) is 65.7 Å². The summed E-state index contributed by atoms with van der Waals surface area (Å²) in [5.74, 6) is 0.892. The second-order valence-corrected chi connectivity index (χ2v) is 6.87. The van der Waals surface area contributed by atoms with E-state index in [-0.39, 0.29) is 5.41 Å². The van der Waals surface area contributed by atoms with E-state index in [9.17, 15) is 0 Å². The van der Waals surface area contributed by atoms with E-state index in [0.717, 1.165) is 17.0 Å². The number of benzene rings is 2. The summed E-state index contributed by atoms with van der Waals surface area (Å²) in [6.07, 6.45) is 4.77. The van der Waals surface area contributed by atoms with Gasteiger partial charge in [-0.1, -0.05) is 36.4 Å². The topological polar surface area (TPSA) is 36.3 Å². The minimum absolute atomic E-state index is 0.233. The van der Waals surface area contributed by atoms with E-state index in [0.29, 0.717) is 13.0 Å². The molecule has 2 aromatic rings. The summed E-state index contributed by atoms with van der Waals surface area (Å²) in [5.41, 5.74) is 2.66. The van der Waals surface area contributed by atoms with Gasteiger partial charge >= 0.3 is 0 Å². The zero-order valence-corrected chi connectivity index (χ0v) is 14.0. The first-order valence-corrected chi connectivity index (χ1v) is 8.31. The lowest BCUT2D eigenvalue weighted by atomic mass is 9.76. The first-order chi connectivity index (χ1) is 11.6. The maximum Gasteiger partial charge on any atom is 0.212 e. The van der Waals surface area contributed by atoms with Crippen molar-refractivity contribution in [1.29, 1.82) is 5.26 Å². The summed E-state index contributed by atoms with van der Waals surface area (Å²) in [6.45, 7) is 5.08. The van der Waals surface area contributed by atoms with E-state index in [1.807, 2.05) is 24.3 Å². The summed E-state index contributed by atoms with van der Waals surface area (Å²) < 4.78 is 6.62. The highest BCUT2D eigenvalue weighted by Gasteiger charge is 2.58. The number of nitrogens with zero attached hydrogens (tertiary/aromatic N) is 2. The van der Waals surface area contributed by atoms with E-state index < -0.39 is 5.72 Å². The second-order valence-electron chi connectivity index (χ2n) is 6.87. The quantitative estimate of drug-likeness (QED) is 0.818. The lowest BCUT2D eigenvalue weighted by molar-refractivity contribution is 0.0538. The van der Waals surface area contributed by atoms with Crippen LogP contribution in [0, 0.1) is 11.3 Å². The summed E-state index contributed by atoms with van der Waals surface area (Å²) in [5, 5.41) is 9.11. The third kappa shape index (κ3) is 1.83. The number of hydrogen-bond donors (Lipinski definition) is 0. The molecular weight excluding hydrogens is 296 g/mol. The lowest BCUT2D eigenvalue weighted by Crippen LogP contribution is -2.59. The van der Waals surface area contributed by atoms with Crippen molar-refractivity contribution in [2.45, 2.75) is 31.4 Å². The number of nitriles is 1. The smallest absolute Gasteiger partial charge is 0.212 e. The normalized spacial score (nSPS) is 22.6. The number of ether oxygens (including phenoxy) is 1. The molecule has 0 aromatic heterocycles. The minimum Gasteiger partial charge on any atom is -0.463 e. The molecule has 1 spiro atoms. The maximum absolute atomic E-state index is 9.11. The van der Waals surface area contributed by atoms with Crippen molar-refractivity contribution in [1.82, 2.24) is 0 Å². The van der Waals surface area contributed by atoms with Crippen LogP contribution in [0.2, 0.25) is 0 Å². The largest absolute Gasteiger partial charge is 0.463 e. The molecular formula is C21H20N2O. The molecule has 1 atom stereocenters. The molecule has 0 amide bonds. The highest BCUT2D eigenvalue weighted by atomic mass is 16.5. The van der Waals surface area contributed by atoms with E-state index in [1.165, 1.54) is 5.56 Å². The van der Waals surface area contributed by atoms with Crippen LogP contribution in [0.3, 0.4) is 0 Å². The Morgan fingerprint density at radius 2 is 1.83 bits per heavy atom. The van der Waals surface area contributed by atoms with Gasteiger partial charge in [-0.2, -0.15) is 5.26 Å². The molecule has 0 N–H and O–H groups in total. The zero-order valence-electron chi connectivity index (χ0n) is 14.0. The van der Waals surface area contributed by atoms with Gasteiger partial charge in [0.15, 0.2) is 0 Å². The first kappa shape index (κ1) is 14.8. The fourth-order valence-electron chi connectivity index (χ4n) is 3.99. The molecule has 0 bridgehead atoms. The van der Waals surface area contributed by atoms with Crippen LogP contribution in [-0.4, -0.2) is 12.3 Å². The van der Waals surface area contributed by atoms with Crippen LogP contribution in [0.1, 0.15) is 31.4 Å². The van der Waals surface area contributed by atoms with Crippen molar-refractivity contribution in [3.63, 3.8) is 0 Å². The molecule has 0 saturated carbocycles. The molecule has 120 valence electrons. The fourth-order valence-corrected chi connectivity index (χ4v) is 3.99. The lowest BCUT2D eigenvalue weighted by Gasteiger charge is -2.47. The Morgan fingerprint density at radius 3 is 2.67 bits per heavy atom. The van der Waals surface area contributed by atoms with E-state index >= 15 is 0 Å². The summed E-state index contributed by atoms with van der Waals surface area (Å²) >= 11 is 0. The number of fused-ring (bicyclic) bond motifs is 2. The predicted molar refractivity (Wildman–Crippen MR) is 95.9 cm³/mol. The van der Waals surface area contributed by atoms with Crippen molar-refractivity contribution >= 4 is 11.8 Å². The molecule has 24 heavy (non-hydrogen) atoms. The molecule has 0 aliphatic carbocycles. The highest BCUT2D eigenvalue weighted by molar-refractivity contribution is 5.72. The van der Waals surface area contributed by atoms with Gasteiger partial charge in [-0.3, -0.25) is 0 Å². The molecule has 4 rings (SSSR count). The molecule has 3 nitrogen and oxygen atoms in total. The first-order valence-electron chi connectivity index (χ1n) is 8.31. The van der Waals surface area contributed by atoms with Crippen LogP contribution in [0.15, 0.2) is 54.6 Å². The molecule has 1 unspecified atom stereocenters. The van der Waals surface area contributed by atoms with Crippen LogP contribution in [-0.2, 0) is 5.41 Å². The van der Waals surface area contributed by atoms with E-state index in [2.05, 4.69) is 61.2 Å². The summed E-state index contributed by atoms with van der Waals surface area (Å²) in [6, 6.07) is 18.8. The third-order valence-corrected chi connectivity index (χ3v) is 5.29. The molecule has 2 aromatic carbocycles. The average molecular weight is 316 g/mol. The van der Waals surface area contributed by atoms with Gasteiger partial charge in [0.05, 0.1) is 17.9 Å². The zero-order chi connectivity index (χ0) is 16.8. The Labute approximate surface area is 142 Å². The van der Waals surface area contributed by atoms with Crippen molar-refractivity contribution < 1.29 is 4.74 Å². The Balaban J connectivity index is 1.89. The van der Waals surface area contributed by atoms with Gasteiger partial charge in [0.2, 0.25) is 5.72 Å². The van der Waals surface area contributed by atoms with E-state index in [4.69, 9.17) is 10.00 Å². The van der Waals surface area contributed by atoms with Gasteiger partial charge in [-0.25, -0.2) is 0 Å². The van der Waals surface area contributed by atoms with Gasteiger partial charge in [0.1, 0.15) is 5.75 Å². The number of rotatable bonds is 2. The monoisotopic (exact) mass is 316 g/mol. The standard InChI is InChI=1S/C21H20N2O/c1-20(2)17-9-4-5-10-18(17)23(15-7-14-22)21(20)13-12-16-8-3-6-11-19(16)24-21/h3-6,8-13H,7,15H2,1-2H3. The van der Waals surface area contributed by atoms with Crippen molar-refractivity contribution in [2.24, 2.45) is 0 Å². The second kappa shape index (κ2) is 5.14. The third-order valence-electron chi connectivity index (χ3n) is 5.29. The van der Waals surface area contributed by atoms with Gasteiger partial charge in [-0.05, 0) is 43.7 Å². The Hall–Kier alpha value is -2.73. The number of para-hydroxylation sites is 2. The van der Waals surface area contributed by atoms with Gasteiger partial charge in [0.25, 0.3) is 0 Å². The van der Waals surface area contributed by atoms with E-state index in [1.54, 1.807) is 0 Å². The summed E-state index contributed by atoms with van der Waals surface area (Å²) in [4.78, 5) is 2.25. The molecule has 3 heteroatoms. The van der Waals surface area contributed by atoms with Gasteiger partial charge < -0.3 is 9.64 Å². The molecule has 0 saturated heterocycles. The Bertz CT molecular complexity index is 862. The SMILES string of the molecule is CC1(C)c2ccccc2N(CCC#N)C12C=Cc1ccccc1O2. The van der Waals surface area contributed by atoms with Gasteiger partial charge in [-0.15, -0.1) is 0 Å². The minimum atomic E-state index is -0.609. The van der Waals surface area contributed by atoms with Crippen LogP contribution < -0.4 is 9.64 Å². The molecule has 2 aliphatic heterocycles. The number of hydrogen-bond acceptors (Lipinski definition) is 3. The fraction of sp³-hybridized carbons (Fsp3) is 0.286. The molecule has 0 fully saturated rings. The van der Waals surface area contributed by atoms with Gasteiger partial charge in [0, 0.05) is 17.8 Å². The molecule has 0 radical (unpaired) electrons. The van der Waals surface area contributed by atoms with Crippen molar-refractivity contribution in [3.8, 4) is 11.8 Å². The Morgan fingerprint density at radius 1 is 1.08 bits per heavy atom. The molecule has 2 aliphatic rings. The van der Waals surface area contributed by atoms with Crippen LogP contribution in [0.25, 0.3) is 6.08 Å². The highest BCUT2D eigenvalue weighted by Crippen LogP contribution is 2.54. The number of anilines is 1. The maximum atomic E-state index is 9.11. The van der Waals surface area contributed by atoms with Crippen LogP contribution in [0.4, 0.5) is 5.69 Å². The Kier molecular flexibility index (Phi) is 3.18. The van der Waals surface area contributed by atoms with Crippen molar-refractivity contribution in [2.75, 3.05) is 11.4 Å². The summed E-state index contributed by atoms with van der Waals surface area (Å²) in [7, 11) is 0. The predicted octanol–water partition coefficient (Wildman–Crippen LogP) is 4.50.